The summed E-state index contributed by atoms with van der Waals surface area (Å²) in [5.41, 5.74) is 1.93. The first-order valence-electron chi connectivity index (χ1n) is 3.58. The molecule has 12 heavy (non-hydrogen) atoms. The Labute approximate surface area is 82.2 Å². The van der Waals surface area contributed by atoms with E-state index in [-0.39, 0.29) is 0 Å². The van der Waals surface area contributed by atoms with Crippen molar-refractivity contribution in [2.24, 2.45) is 0 Å². The summed E-state index contributed by atoms with van der Waals surface area (Å²) < 4.78 is 5.13. The Balaban J connectivity index is 3.25. The maximum atomic E-state index is 5.99. The number of benzene rings is 1. The van der Waals surface area contributed by atoms with E-state index in [9.17, 15) is 0 Å². The van der Waals surface area contributed by atoms with Crippen LogP contribution < -0.4 is 4.74 Å². The minimum Gasteiger partial charge on any atom is -0.495 e. The molecule has 0 aromatic heterocycles. The van der Waals surface area contributed by atoms with Gasteiger partial charge < -0.3 is 4.74 Å². The average Bonchev–Trinajstić information content (AvgIpc) is 2.09. The van der Waals surface area contributed by atoms with Crippen LogP contribution in [-0.2, 0) is 5.88 Å². The molecule has 1 rings (SSSR count). The fourth-order valence-electron chi connectivity index (χ4n) is 1.02. The lowest BCUT2D eigenvalue weighted by molar-refractivity contribution is 0.411. The predicted octanol–water partition coefficient (Wildman–Crippen LogP) is 3.40. The van der Waals surface area contributed by atoms with Gasteiger partial charge in [0.05, 0.1) is 18.0 Å². The van der Waals surface area contributed by atoms with Gasteiger partial charge in [0, 0.05) is 5.56 Å². The molecular weight excluding hydrogens is 195 g/mol. The van der Waals surface area contributed by atoms with Gasteiger partial charge >= 0.3 is 0 Å². The SMILES string of the molecule is COc1c(CCl)ccc(C)c1Cl. The molecule has 1 aromatic carbocycles. The molecule has 0 amide bonds. The van der Waals surface area contributed by atoms with E-state index in [2.05, 4.69) is 0 Å². The van der Waals surface area contributed by atoms with Crippen LogP contribution in [0.15, 0.2) is 12.1 Å². The van der Waals surface area contributed by atoms with E-state index in [1.165, 1.54) is 0 Å². The van der Waals surface area contributed by atoms with Gasteiger partial charge in [-0.1, -0.05) is 23.7 Å². The Morgan fingerprint density at radius 3 is 2.58 bits per heavy atom. The Morgan fingerprint density at radius 2 is 2.08 bits per heavy atom. The van der Waals surface area contributed by atoms with E-state index in [0.29, 0.717) is 16.7 Å². The van der Waals surface area contributed by atoms with Gasteiger partial charge in [-0.15, -0.1) is 11.6 Å². The van der Waals surface area contributed by atoms with Crippen LogP contribution in [0.2, 0.25) is 5.02 Å². The molecule has 1 nitrogen and oxygen atoms in total. The highest BCUT2D eigenvalue weighted by Crippen LogP contribution is 2.32. The number of hydrogen-bond donors (Lipinski definition) is 0. The molecule has 0 fully saturated rings. The Morgan fingerprint density at radius 1 is 1.42 bits per heavy atom. The van der Waals surface area contributed by atoms with Crippen molar-refractivity contribution in [2.45, 2.75) is 12.8 Å². The summed E-state index contributed by atoms with van der Waals surface area (Å²) in [4.78, 5) is 0. The van der Waals surface area contributed by atoms with Crippen molar-refractivity contribution in [3.05, 3.63) is 28.3 Å². The smallest absolute Gasteiger partial charge is 0.142 e. The van der Waals surface area contributed by atoms with Gasteiger partial charge in [0.25, 0.3) is 0 Å². The second kappa shape index (κ2) is 4.01. The van der Waals surface area contributed by atoms with E-state index in [0.717, 1.165) is 11.1 Å². The zero-order valence-electron chi connectivity index (χ0n) is 7.03. The molecule has 0 saturated carbocycles. The Hall–Kier alpha value is -0.400. The molecule has 0 N–H and O–H groups in total. The summed E-state index contributed by atoms with van der Waals surface area (Å²) in [6, 6.07) is 3.86. The minimum absolute atomic E-state index is 0.420. The molecule has 1 aromatic rings. The minimum atomic E-state index is 0.420. The van der Waals surface area contributed by atoms with Crippen molar-refractivity contribution in [3.8, 4) is 5.75 Å². The third-order valence-corrected chi connectivity index (χ3v) is 2.48. The number of alkyl halides is 1. The number of hydrogen-bond acceptors (Lipinski definition) is 1. The van der Waals surface area contributed by atoms with Crippen molar-refractivity contribution in [2.75, 3.05) is 7.11 Å². The average molecular weight is 205 g/mol. The quantitative estimate of drug-likeness (QED) is 0.672. The molecule has 3 heteroatoms. The molecule has 0 aliphatic rings. The zero-order chi connectivity index (χ0) is 9.14. The normalized spacial score (nSPS) is 10.0. The fourth-order valence-corrected chi connectivity index (χ4v) is 1.49. The number of halogens is 2. The molecule has 66 valence electrons. The summed E-state index contributed by atoms with van der Waals surface area (Å²) in [5.74, 6) is 1.11. The van der Waals surface area contributed by atoms with E-state index >= 15 is 0 Å². The largest absolute Gasteiger partial charge is 0.495 e. The second-order valence-electron chi connectivity index (χ2n) is 2.52. The van der Waals surface area contributed by atoms with Crippen LogP contribution in [0.4, 0.5) is 0 Å². The molecule has 0 unspecified atom stereocenters. The maximum Gasteiger partial charge on any atom is 0.142 e. The first kappa shape index (κ1) is 9.69. The Kier molecular flexibility index (Phi) is 3.24. The zero-order valence-corrected chi connectivity index (χ0v) is 8.54. The fraction of sp³-hybridized carbons (Fsp3) is 0.333. The lowest BCUT2D eigenvalue weighted by atomic mass is 10.1. The van der Waals surface area contributed by atoms with Gasteiger partial charge in [-0.2, -0.15) is 0 Å². The standard InChI is InChI=1S/C9H10Cl2O/c1-6-3-4-7(5-10)9(12-2)8(6)11/h3-4H,5H2,1-2H3. The number of ether oxygens (including phenoxy) is 1. The van der Waals surface area contributed by atoms with Crippen molar-refractivity contribution in [1.29, 1.82) is 0 Å². The summed E-state index contributed by atoms with van der Waals surface area (Å²) in [5, 5.41) is 0.649. The Bertz CT molecular complexity index is 284. The monoisotopic (exact) mass is 204 g/mol. The molecule has 0 saturated heterocycles. The summed E-state index contributed by atoms with van der Waals surface area (Å²) in [7, 11) is 1.59. The van der Waals surface area contributed by atoms with Crippen molar-refractivity contribution in [3.63, 3.8) is 0 Å². The van der Waals surface area contributed by atoms with Crippen molar-refractivity contribution >= 4 is 23.2 Å². The number of aryl methyl sites for hydroxylation is 1. The van der Waals surface area contributed by atoms with Crippen LogP contribution in [0, 0.1) is 6.92 Å². The second-order valence-corrected chi connectivity index (χ2v) is 3.17. The first-order valence-corrected chi connectivity index (χ1v) is 4.50. The van der Waals surface area contributed by atoms with Gasteiger partial charge in [0.15, 0.2) is 0 Å². The van der Waals surface area contributed by atoms with Crippen molar-refractivity contribution in [1.82, 2.24) is 0 Å². The van der Waals surface area contributed by atoms with Gasteiger partial charge in [0.1, 0.15) is 5.75 Å². The summed E-state index contributed by atoms with van der Waals surface area (Å²) in [6.07, 6.45) is 0. The van der Waals surface area contributed by atoms with Crippen LogP contribution in [0.25, 0.3) is 0 Å². The maximum absolute atomic E-state index is 5.99. The van der Waals surface area contributed by atoms with Crippen LogP contribution in [0.1, 0.15) is 11.1 Å². The van der Waals surface area contributed by atoms with Gasteiger partial charge in [0.2, 0.25) is 0 Å². The molecule has 0 spiro atoms. The molecular formula is C9H10Cl2O. The highest BCUT2D eigenvalue weighted by Gasteiger charge is 2.08. The molecule has 0 atom stereocenters. The molecule has 0 radical (unpaired) electrons. The highest BCUT2D eigenvalue weighted by molar-refractivity contribution is 6.33. The lowest BCUT2D eigenvalue weighted by Gasteiger charge is -2.09. The summed E-state index contributed by atoms with van der Waals surface area (Å²) in [6.45, 7) is 1.93. The van der Waals surface area contributed by atoms with Crippen LogP contribution in [-0.4, -0.2) is 7.11 Å². The van der Waals surface area contributed by atoms with E-state index in [1.807, 2.05) is 19.1 Å². The molecule has 0 aliphatic carbocycles. The third-order valence-electron chi connectivity index (χ3n) is 1.72. The van der Waals surface area contributed by atoms with Crippen LogP contribution in [0.3, 0.4) is 0 Å². The first-order chi connectivity index (χ1) is 5.70. The molecule has 0 heterocycles. The molecule has 0 bridgehead atoms. The predicted molar refractivity (Wildman–Crippen MR) is 52.3 cm³/mol. The topological polar surface area (TPSA) is 9.23 Å². The number of rotatable bonds is 2. The van der Waals surface area contributed by atoms with Gasteiger partial charge in [-0.25, -0.2) is 0 Å². The summed E-state index contributed by atoms with van der Waals surface area (Å²) >= 11 is 11.7. The van der Waals surface area contributed by atoms with Crippen LogP contribution >= 0.6 is 23.2 Å². The number of methoxy groups -OCH3 is 1. The van der Waals surface area contributed by atoms with Crippen molar-refractivity contribution < 1.29 is 4.74 Å². The van der Waals surface area contributed by atoms with Crippen LogP contribution in [0.5, 0.6) is 5.75 Å². The third kappa shape index (κ3) is 1.67. The van der Waals surface area contributed by atoms with E-state index < -0.39 is 0 Å². The van der Waals surface area contributed by atoms with Gasteiger partial charge in [-0.3, -0.25) is 0 Å². The van der Waals surface area contributed by atoms with Gasteiger partial charge in [-0.05, 0) is 12.5 Å². The lowest BCUT2D eigenvalue weighted by Crippen LogP contribution is -1.91. The highest BCUT2D eigenvalue weighted by atomic mass is 35.5. The van der Waals surface area contributed by atoms with E-state index in [1.54, 1.807) is 7.11 Å². The van der Waals surface area contributed by atoms with E-state index in [4.69, 9.17) is 27.9 Å². The molecule has 0 aliphatic heterocycles.